The summed E-state index contributed by atoms with van der Waals surface area (Å²) < 4.78 is 1.85. The van der Waals surface area contributed by atoms with Gasteiger partial charge in [-0.3, -0.25) is 0 Å². The molecule has 1 aromatic heterocycles. The van der Waals surface area contributed by atoms with Gasteiger partial charge in [-0.25, -0.2) is 4.68 Å². The van der Waals surface area contributed by atoms with Crippen LogP contribution < -0.4 is 5.32 Å². The fraction of sp³-hybridized carbons (Fsp3) is 0.222. The highest BCUT2D eigenvalue weighted by Crippen LogP contribution is 2.37. The number of benzene rings is 2. The zero-order valence-corrected chi connectivity index (χ0v) is 13.2. The summed E-state index contributed by atoms with van der Waals surface area (Å²) in [6.07, 6.45) is 0. The first-order valence-corrected chi connectivity index (χ1v) is 7.66. The van der Waals surface area contributed by atoms with Gasteiger partial charge in [-0.15, -0.1) is 5.10 Å². The third-order valence-corrected chi connectivity index (χ3v) is 3.75. The molecule has 0 atom stereocenters. The maximum Gasteiger partial charge on any atom is 0.121 e. The molecule has 22 heavy (non-hydrogen) atoms. The van der Waals surface area contributed by atoms with E-state index in [2.05, 4.69) is 46.0 Å². The number of fused-ring (bicyclic) bond motifs is 5. The van der Waals surface area contributed by atoms with Crippen LogP contribution in [0.1, 0.15) is 19.4 Å². The van der Waals surface area contributed by atoms with Crippen molar-refractivity contribution in [1.82, 2.24) is 15.0 Å². The average molecular weight is 292 g/mol. The number of para-hydroxylation sites is 1. The Balaban J connectivity index is 0.000000693. The SMILES string of the molecule is CC.Cn1nnc2c1-c1ccccc1NCc1ccccc1-2. The number of rotatable bonds is 0. The third kappa shape index (κ3) is 2.26. The lowest BCUT2D eigenvalue weighted by Crippen LogP contribution is -2.07. The van der Waals surface area contributed by atoms with Crippen LogP contribution in [0.3, 0.4) is 0 Å². The van der Waals surface area contributed by atoms with Crippen molar-refractivity contribution in [1.29, 1.82) is 0 Å². The molecule has 0 radical (unpaired) electrons. The Morgan fingerprint density at radius 1 is 0.955 bits per heavy atom. The Labute approximate surface area is 130 Å². The summed E-state index contributed by atoms with van der Waals surface area (Å²) in [5.41, 5.74) is 6.66. The molecule has 0 spiro atoms. The van der Waals surface area contributed by atoms with E-state index in [1.54, 1.807) is 0 Å². The molecule has 112 valence electrons. The molecule has 2 aromatic carbocycles. The predicted octanol–water partition coefficient (Wildman–Crippen LogP) is 4.10. The maximum absolute atomic E-state index is 4.38. The Bertz CT molecular complexity index is 789. The van der Waals surface area contributed by atoms with Crippen molar-refractivity contribution in [3.8, 4) is 22.5 Å². The molecule has 0 bridgehead atoms. The van der Waals surface area contributed by atoms with Crippen LogP contribution >= 0.6 is 0 Å². The van der Waals surface area contributed by atoms with Crippen molar-refractivity contribution in [2.75, 3.05) is 5.32 Å². The number of aryl methyl sites for hydroxylation is 1. The fourth-order valence-corrected chi connectivity index (χ4v) is 2.78. The van der Waals surface area contributed by atoms with Gasteiger partial charge in [0.15, 0.2) is 0 Å². The van der Waals surface area contributed by atoms with Crippen molar-refractivity contribution in [2.24, 2.45) is 7.05 Å². The summed E-state index contributed by atoms with van der Waals surface area (Å²) in [6.45, 7) is 4.79. The lowest BCUT2D eigenvalue weighted by Gasteiger charge is -2.18. The number of aromatic nitrogens is 3. The van der Waals surface area contributed by atoms with Gasteiger partial charge in [0.05, 0.1) is 5.69 Å². The zero-order valence-electron chi connectivity index (χ0n) is 13.2. The molecule has 2 heterocycles. The zero-order chi connectivity index (χ0) is 15.5. The van der Waals surface area contributed by atoms with E-state index in [-0.39, 0.29) is 0 Å². The lowest BCUT2D eigenvalue weighted by atomic mass is 9.97. The average Bonchev–Trinajstić information content (AvgIpc) is 2.94. The van der Waals surface area contributed by atoms with E-state index in [1.165, 1.54) is 5.56 Å². The molecule has 0 saturated heterocycles. The highest BCUT2D eigenvalue weighted by molar-refractivity contribution is 5.87. The monoisotopic (exact) mass is 292 g/mol. The molecule has 3 aromatic rings. The molecule has 0 unspecified atom stereocenters. The van der Waals surface area contributed by atoms with Crippen LogP contribution in [0.25, 0.3) is 22.5 Å². The highest BCUT2D eigenvalue weighted by atomic mass is 15.4. The van der Waals surface area contributed by atoms with Crippen molar-refractivity contribution < 1.29 is 0 Å². The van der Waals surface area contributed by atoms with Gasteiger partial charge in [0.1, 0.15) is 5.69 Å². The lowest BCUT2D eigenvalue weighted by molar-refractivity contribution is 0.721. The van der Waals surface area contributed by atoms with E-state index < -0.39 is 0 Å². The van der Waals surface area contributed by atoms with Gasteiger partial charge in [-0.2, -0.15) is 0 Å². The molecular formula is C18H20N4. The maximum atomic E-state index is 4.38. The minimum atomic E-state index is 0.795. The normalized spacial score (nSPS) is 11.6. The van der Waals surface area contributed by atoms with Crippen LogP contribution in [0.5, 0.6) is 0 Å². The van der Waals surface area contributed by atoms with E-state index >= 15 is 0 Å². The summed E-state index contributed by atoms with van der Waals surface area (Å²) in [5, 5.41) is 12.1. The molecule has 4 rings (SSSR count). The summed E-state index contributed by atoms with van der Waals surface area (Å²) in [7, 11) is 1.94. The van der Waals surface area contributed by atoms with E-state index in [0.29, 0.717) is 0 Å². The Morgan fingerprint density at radius 3 is 2.45 bits per heavy atom. The largest absolute Gasteiger partial charge is 0.380 e. The first-order valence-electron chi connectivity index (χ1n) is 7.66. The molecule has 1 N–H and O–H groups in total. The van der Waals surface area contributed by atoms with Gasteiger partial charge in [0, 0.05) is 30.4 Å². The second-order valence-corrected chi connectivity index (χ2v) is 4.97. The van der Waals surface area contributed by atoms with Crippen molar-refractivity contribution >= 4 is 5.69 Å². The second kappa shape index (κ2) is 6.02. The number of nitrogens with zero attached hydrogens (tertiary/aromatic N) is 3. The Morgan fingerprint density at radius 2 is 1.64 bits per heavy atom. The smallest absolute Gasteiger partial charge is 0.121 e. The molecular weight excluding hydrogens is 272 g/mol. The topological polar surface area (TPSA) is 42.7 Å². The Kier molecular flexibility index (Phi) is 3.92. The van der Waals surface area contributed by atoms with E-state index in [1.807, 2.05) is 43.8 Å². The van der Waals surface area contributed by atoms with Crippen LogP contribution in [0.2, 0.25) is 0 Å². The molecule has 0 fully saturated rings. The summed E-state index contributed by atoms with van der Waals surface area (Å²) >= 11 is 0. The van der Waals surface area contributed by atoms with Gasteiger partial charge >= 0.3 is 0 Å². The minimum Gasteiger partial charge on any atom is -0.380 e. The number of hydrogen-bond donors (Lipinski definition) is 1. The van der Waals surface area contributed by atoms with Crippen molar-refractivity contribution in [3.63, 3.8) is 0 Å². The standard InChI is InChI=1S/C16H14N4.C2H6/c1-20-16-13-8-4-5-9-14(13)17-10-11-6-2-3-7-12(11)15(16)18-19-20;1-2/h2-9,17H,10H2,1H3;1-2H3. The summed E-state index contributed by atoms with van der Waals surface area (Å²) in [5.74, 6) is 0. The van der Waals surface area contributed by atoms with Crippen LogP contribution in [0, 0.1) is 0 Å². The quantitative estimate of drug-likeness (QED) is 0.678. The number of anilines is 1. The van der Waals surface area contributed by atoms with Gasteiger partial charge in [-0.05, 0) is 11.6 Å². The summed E-state index contributed by atoms with van der Waals surface area (Å²) in [6, 6.07) is 16.6. The minimum absolute atomic E-state index is 0.795. The van der Waals surface area contributed by atoms with Crippen molar-refractivity contribution in [2.45, 2.75) is 20.4 Å². The number of nitrogens with one attached hydrogen (secondary N) is 1. The number of hydrogen-bond acceptors (Lipinski definition) is 3. The van der Waals surface area contributed by atoms with Crippen LogP contribution in [0.4, 0.5) is 5.69 Å². The van der Waals surface area contributed by atoms with Crippen molar-refractivity contribution in [3.05, 3.63) is 54.1 Å². The Hall–Kier alpha value is -2.62. The van der Waals surface area contributed by atoms with E-state index in [0.717, 1.165) is 34.7 Å². The van der Waals surface area contributed by atoms with Crippen LogP contribution in [-0.2, 0) is 13.6 Å². The van der Waals surface area contributed by atoms with Gasteiger partial charge in [0.2, 0.25) is 0 Å². The van der Waals surface area contributed by atoms with Gasteiger partial charge in [0.25, 0.3) is 0 Å². The molecule has 4 nitrogen and oxygen atoms in total. The van der Waals surface area contributed by atoms with E-state index in [4.69, 9.17) is 0 Å². The molecule has 0 aliphatic carbocycles. The third-order valence-electron chi connectivity index (χ3n) is 3.75. The summed E-state index contributed by atoms with van der Waals surface area (Å²) in [4.78, 5) is 0. The first-order chi connectivity index (χ1) is 10.8. The molecule has 0 amide bonds. The first kappa shape index (κ1) is 14.3. The predicted molar refractivity (Wildman–Crippen MR) is 90.5 cm³/mol. The second-order valence-electron chi connectivity index (χ2n) is 4.97. The highest BCUT2D eigenvalue weighted by Gasteiger charge is 2.21. The molecule has 0 saturated carbocycles. The van der Waals surface area contributed by atoms with Gasteiger partial charge in [-0.1, -0.05) is 61.5 Å². The van der Waals surface area contributed by atoms with Gasteiger partial charge < -0.3 is 5.32 Å². The molecule has 1 aliphatic heterocycles. The van der Waals surface area contributed by atoms with Crippen LogP contribution in [-0.4, -0.2) is 15.0 Å². The van der Waals surface area contributed by atoms with E-state index in [9.17, 15) is 0 Å². The fourth-order valence-electron chi connectivity index (χ4n) is 2.78. The van der Waals surface area contributed by atoms with Crippen LogP contribution in [0.15, 0.2) is 48.5 Å². The molecule has 1 aliphatic rings. The molecule has 4 heteroatoms.